The molecule has 0 atom stereocenters. The summed E-state index contributed by atoms with van der Waals surface area (Å²) in [6, 6.07) is 14.7. The fourth-order valence-corrected chi connectivity index (χ4v) is 4.17. The largest absolute Gasteiger partial charge is 0.507 e. The molecule has 0 aliphatic carbocycles. The van der Waals surface area contributed by atoms with Gasteiger partial charge in [0.15, 0.2) is 5.76 Å². The van der Waals surface area contributed by atoms with E-state index in [-0.39, 0.29) is 22.3 Å². The number of nitrogens with one attached hydrogen (secondary N) is 1. The molecule has 6 nitrogen and oxygen atoms in total. The SMILES string of the molecule is Cc1cc(=O)c(O)c(-c2[nH]c(-c3cc(C(C)(C)C)c(O)c(C(C)(C)C)c3)nc2-c2ccccc2)o1. The van der Waals surface area contributed by atoms with Crippen LogP contribution in [-0.2, 0) is 10.8 Å². The van der Waals surface area contributed by atoms with E-state index in [0.717, 1.165) is 22.3 Å². The van der Waals surface area contributed by atoms with E-state index in [4.69, 9.17) is 9.40 Å². The predicted octanol–water partition coefficient (Wildman–Crippen LogP) is 6.68. The zero-order chi connectivity index (χ0) is 25.7. The van der Waals surface area contributed by atoms with Crippen LogP contribution in [0.5, 0.6) is 11.5 Å². The molecule has 0 saturated heterocycles. The van der Waals surface area contributed by atoms with Gasteiger partial charge in [0.2, 0.25) is 11.2 Å². The summed E-state index contributed by atoms with van der Waals surface area (Å²) >= 11 is 0. The maximum absolute atomic E-state index is 12.3. The third-order valence-electron chi connectivity index (χ3n) is 6.02. The topological polar surface area (TPSA) is 99.3 Å². The number of hydrogen-bond donors (Lipinski definition) is 3. The van der Waals surface area contributed by atoms with Crippen LogP contribution in [0.15, 0.2) is 57.7 Å². The number of nitrogens with zero attached hydrogens (tertiary/aromatic N) is 1. The smallest absolute Gasteiger partial charge is 0.227 e. The summed E-state index contributed by atoms with van der Waals surface area (Å²) in [7, 11) is 0. The highest BCUT2D eigenvalue weighted by Gasteiger charge is 2.28. The lowest BCUT2D eigenvalue weighted by molar-refractivity contribution is 0.423. The van der Waals surface area contributed by atoms with E-state index in [9.17, 15) is 15.0 Å². The molecule has 0 radical (unpaired) electrons. The number of H-pyrrole nitrogens is 1. The predicted molar refractivity (Wildman–Crippen MR) is 139 cm³/mol. The van der Waals surface area contributed by atoms with Crippen LogP contribution in [0.1, 0.15) is 58.4 Å². The summed E-state index contributed by atoms with van der Waals surface area (Å²) in [6.45, 7) is 14.0. The van der Waals surface area contributed by atoms with Gasteiger partial charge in [0.25, 0.3) is 0 Å². The minimum absolute atomic E-state index is 0.0403. The number of aromatic nitrogens is 2. The summed E-state index contributed by atoms with van der Waals surface area (Å²) < 4.78 is 5.80. The van der Waals surface area contributed by atoms with Crippen LogP contribution in [-0.4, -0.2) is 20.2 Å². The number of aromatic amines is 1. The number of phenols is 1. The lowest BCUT2D eigenvalue weighted by Gasteiger charge is -2.28. The van der Waals surface area contributed by atoms with Gasteiger partial charge in [0, 0.05) is 28.3 Å². The molecule has 6 heteroatoms. The first-order valence-corrected chi connectivity index (χ1v) is 11.6. The van der Waals surface area contributed by atoms with Gasteiger partial charge in [0.05, 0.1) is 0 Å². The number of aromatic hydroxyl groups is 2. The second-order valence-corrected chi connectivity index (χ2v) is 11.0. The lowest BCUT2D eigenvalue weighted by atomic mass is 9.78. The summed E-state index contributed by atoms with van der Waals surface area (Å²) in [4.78, 5) is 20.5. The van der Waals surface area contributed by atoms with Crippen molar-refractivity contribution in [2.45, 2.75) is 59.3 Å². The highest BCUT2D eigenvalue weighted by atomic mass is 16.4. The summed E-state index contributed by atoms with van der Waals surface area (Å²) in [5.74, 6) is 0.773. The highest BCUT2D eigenvalue weighted by Crippen LogP contribution is 2.43. The molecule has 0 aliphatic heterocycles. The normalized spacial score (nSPS) is 12.2. The molecular formula is C29H32N2O4. The van der Waals surface area contributed by atoms with E-state index in [0.29, 0.717) is 23.0 Å². The Balaban J connectivity index is 2.04. The van der Waals surface area contributed by atoms with Crippen LogP contribution in [0.25, 0.3) is 34.1 Å². The Kier molecular flexibility index (Phi) is 5.87. The first-order chi connectivity index (χ1) is 16.3. The van der Waals surface area contributed by atoms with Crippen LogP contribution < -0.4 is 5.43 Å². The van der Waals surface area contributed by atoms with Gasteiger partial charge in [-0.2, -0.15) is 0 Å². The summed E-state index contributed by atoms with van der Waals surface area (Å²) in [5, 5.41) is 21.7. The zero-order valence-corrected chi connectivity index (χ0v) is 21.3. The lowest BCUT2D eigenvalue weighted by Crippen LogP contribution is -2.17. The Hall–Kier alpha value is -3.80. The second kappa shape index (κ2) is 8.45. The maximum atomic E-state index is 12.3. The monoisotopic (exact) mass is 472 g/mol. The quantitative estimate of drug-likeness (QED) is 0.309. The van der Waals surface area contributed by atoms with E-state index >= 15 is 0 Å². The number of benzene rings is 2. The molecular weight excluding hydrogens is 440 g/mol. The Bertz CT molecular complexity index is 1410. The van der Waals surface area contributed by atoms with Crippen LogP contribution in [0.3, 0.4) is 0 Å². The first kappa shape index (κ1) is 24.3. The average molecular weight is 473 g/mol. The van der Waals surface area contributed by atoms with Crippen molar-refractivity contribution in [2.24, 2.45) is 0 Å². The Morgan fingerprint density at radius 2 is 1.40 bits per heavy atom. The number of imidazole rings is 1. The molecule has 182 valence electrons. The van der Waals surface area contributed by atoms with Crippen molar-refractivity contribution in [3.05, 3.63) is 75.6 Å². The second-order valence-electron chi connectivity index (χ2n) is 11.0. The molecule has 0 unspecified atom stereocenters. The zero-order valence-electron chi connectivity index (χ0n) is 21.3. The third-order valence-corrected chi connectivity index (χ3v) is 6.02. The number of phenolic OH excluding ortho intramolecular Hbond substituents is 1. The van der Waals surface area contributed by atoms with Gasteiger partial charge in [0.1, 0.15) is 28.7 Å². The van der Waals surface area contributed by atoms with Crippen molar-refractivity contribution >= 4 is 0 Å². The van der Waals surface area contributed by atoms with Crippen LogP contribution >= 0.6 is 0 Å². The molecule has 0 fully saturated rings. The Morgan fingerprint density at radius 3 is 1.94 bits per heavy atom. The van der Waals surface area contributed by atoms with E-state index in [1.807, 2.05) is 42.5 Å². The van der Waals surface area contributed by atoms with Gasteiger partial charge in [-0.05, 0) is 29.9 Å². The van der Waals surface area contributed by atoms with Crippen molar-refractivity contribution in [1.29, 1.82) is 0 Å². The van der Waals surface area contributed by atoms with Crippen LogP contribution in [0, 0.1) is 6.92 Å². The first-order valence-electron chi connectivity index (χ1n) is 11.6. The molecule has 2 heterocycles. The third kappa shape index (κ3) is 4.61. The summed E-state index contributed by atoms with van der Waals surface area (Å²) in [5.41, 5.74) is 3.04. The van der Waals surface area contributed by atoms with Gasteiger partial charge >= 0.3 is 0 Å². The van der Waals surface area contributed by atoms with Gasteiger partial charge in [-0.25, -0.2) is 4.98 Å². The van der Waals surface area contributed by atoms with Gasteiger partial charge in [-0.3, -0.25) is 4.79 Å². The molecule has 0 saturated carbocycles. The minimum atomic E-state index is -0.520. The Morgan fingerprint density at radius 1 is 0.829 bits per heavy atom. The number of aryl methyl sites for hydroxylation is 1. The van der Waals surface area contributed by atoms with Crippen molar-refractivity contribution in [3.63, 3.8) is 0 Å². The van der Waals surface area contributed by atoms with E-state index in [1.54, 1.807) is 6.92 Å². The van der Waals surface area contributed by atoms with E-state index in [2.05, 4.69) is 46.5 Å². The summed E-state index contributed by atoms with van der Waals surface area (Å²) in [6.07, 6.45) is 0. The van der Waals surface area contributed by atoms with E-state index in [1.165, 1.54) is 6.07 Å². The molecule has 35 heavy (non-hydrogen) atoms. The van der Waals surface area contributed by atoms with Gasteiger partial charge < -0.3 is 19.6 Å². The molecule has 0 spiro atoms. The van der Waals surface area contributed by atoms with Crippen molar-refractivity contribution in [2.75, 3.05) is 0 Å². The van der Waals surface area contributed by atoms with Gasteiger partial charge in [-0.1, -0.05) is 71.9 Å². The minimum Gasteiger partial charge on any atom is -0.507 e. The molecule has 0 amide bonds. The molecule has 2 aromatic heterocycles. The molecule has 3 N–H and O–H groups in total. The standard InChI is InChI=1S/C29H32N2O4/c1-16-13-21(32)25(34)26(35-16)23-22(17-11-9-8-10-12-17)30-27(31-23)18-14-19(28(2,3)4)24(33)20(15-18)29(5,6)7/h8-15,33-34H,1-7H3,(H,30,31). The van der Waals surface area contributed by atoms with Gasteiger partial charge in [-0.15, -0.1) is 0 Å². The highest BCUT2D eigenvalue weighted by molar-refractivity contribution is 5.81. The average Bonchev–Trinajstić information content (AvgIpc) is 3.20. The molecule has 0 bridgehead atoms. The van der Waals surface area contributed by atoms with Crippen molar-refractivity contribution in [3.8, 4) is 45.6 Å². The fourth-order valence-electron chi connectivity index (χ4n) is 4.17. The number of rotatable bonds is 3. The van der Waals surface area contributed by atoms with Crippen LogP contribution in [0.4, 0.5) is 0 Å². The van der Waals surface area contributed by atoms with Crippen molar-refractivity contribution in [1.82, 2.24) is 9.97 Å². The molecule has 4 rings (SSSR count). The Labute approximate surface area is 205 Å². The van der Waals surface area contributed by atoms with Crippen molar-refractivity contribution < 1.29 is 14.6 Å². The van der Waals surface area contributed by atoms with Crippen LogP contribution in [0.2, 0.25) is 0 Å². The molecule has 2 aromatic carbocycles. The molecule has 0 aliphatic rings. The number of hydrogen-bond acceptors (Lipinski definition) is 5. The fraction of sp³-hybridized carbons (Fsp3) is 0.310. The molecule has 4 aromatic rings. The maximum Gasteiger partial charge on any atom is 0.227 e. The van der Waals surface area contributed by atoms with E-state index < -0.39 is 11.2 Å².